The van der Waals surface area contributed by atoms with Gasteiger partial charge in [-0.3, -0.25) is 4.98 Å². The van der Waals surface area contributed by atoms with Gasteiger partial charge in [0, 0.05) is 25.4 Å². The lowest BCUT2D eigenvalue weighted by Gasteiger charge is -2.03. The van der Waals surface area contributed by atoms with Crippen LogP contribution in [-0.2, 0) is 13.0 Å². The average molecular weight is 283 g/mol. The Kier molecular flexibility index (Phi) is 4.35. The van der Waals surface area contributed by atoms with E-state index in [1.165, 1.54) is 15.3 Å². The fourth-order valence-corrected chi connectivity index (χ4v) is 3.14. The van der Waals surface area contributed by atoms with Crippen molar-refractivity contribution in [3.05, 3.63) is 59.4 Å². The van der Waals surface area contributed by atoms with Crippen molar-refractivity contribution in [2.24, 2.45) is 0 Å². The first-order valence-electron chi connectivity index (χ1n) is 6.86. The number of rotatable bonds is 6. The Morgan fingerprint density at radius 1 is 1.10 bits per heavy atom. The molecule has 20 heavy (non-hydrogen) atoms. The maximum absolute atomic E-state index is 4.65. The molecule has 3 nitrogen and oxygen atoms in total. The van der Waals surface area contributed by atoms with E-state index in [1.54, 1.807) is 17.5 Å². The van der Waals surface area contributed by atoms with Crippen LogP contribution in [0.15, 0.2) is 48.8 Å². The number of hydrogen-bond donors (Lipinski definition) is 1. The van der Waals surface area contributed by atoms with Gasteiger partial charge in [0.05, 0.1) is 15.2 Å². The van der Waals surface area contributed by atoms with E-state index >= 15 is 0 Å². The van der Waals surface area contributed by atoms with E-state index in [2.05, 4.69) is 39.6 Å². The largest absolute Gasteiger partial charge is 0.313 e. The first-order chi connectivity index (χ1) is 9.92. The molecule has 0 saturated heterocycles. The highest BCUT2D eigenvalue weighted by Crippen LogP contribution is 2.22. The molecule has 1 aromatic carbocycles. The van der Waals surface area contributed by atoms with E-state index in [0.29, 0.717) is 0 Å². The normalized spacial score (nSPS) is 11.0. The Morgan fingerprint density at radius 2 is 2.05 bits per heavy atom. The quantitative estimate of drug-likeness (QED) is 0.704. The molecule has 4 heteroatoms. The van der Waals surface area contributed by atoms with Crippen LogP contribution < -0.4 is 5.32 Å². The minimum atomic E-state index is 0.883. The van der Waals surface area contributed by atoms with Crippen molar-refractivity contribution < 1.29 is 0 Å². The number of para-hydroxylation sites is 1. The van der Waals surface area contributed by atoms with E-state index < -0.39 is 0 Å². The van der Waals surface area contributed by atoms with Gasteiger partial charge in [-0.25, -0.2) is 4.98 Å². The van der Waals surface area contributed by atoms with Gasteiger partial charge in [-0.1, -0.05) is 18.2 Å². The van der Waals surface area contributed by atoms with Gasteiger partial charge in [0.25, 0.3) is 0 Å². The topological polar surface area (TPSA) is 37.8 Å². The number of nitrogens with zero attached hydrogens (tertiary/aromatic N) is 2. The first-order valence-corrected chi connectivity index (χ1v) is 7.67. The number of pyridine rings is 1. The van der Waals surface area contributed by atoms with Crippen LogP contribution in [-0.4, -0.2) is 16.5 Å². The summed E-state index contributed by atoms with van der Waals surface area (Å²) in [6.07, 6.45) is 5.86. The molecule has 0 radical (unpaired) electrons. The third-order valence-electron chi connectivity index (χ3n) is 3.13. The third kappa shape index (κ3) is 3.40. The molecule has 0 atom stereocenters. The maximum Gasteiger partial charge on any atom is 0.0939 e. The second kappa shape index (κ2) is 6.59. The highest BCUT2D eigenvalue weighted by Gasteiger charge is 2.02. The predicted octanol–water partition coefficient (Wildman–Crippen LogP) is 3.41. The highest BCUT2D eigenvalue weighted by molar-refractivity contribution is 7.18. The van der Waals surface area contributed by atoms with Crippen molar-refractivity contribution in [1.82, 2.24) is 15.3 Å². The Bertz CT molecular complexity index is 631. The van der Waals surface area contributed by atoms with Crippen LogP contribution in [0.5, 0.6) is 0 Å². The molecule has 2 heterocycles. The summed E-state index contributed by atoms with van der Waals surface area (Å²) in [5.41, 5.74) is 2.35. The Balaban J connectivity index is 1.43. The van der Waals surface area contributed by atoms with E-state index in [4.69, 9.17) is 0 Å². The SMILES string of the molecule is c1cncc(CNCCCc2nc3ccccc3s2)c1. The number of thiazole rings is 1. The summed E-state index contributed by atoms with van der Waals surface area (Å²) in [5.74, 6) is 0. The number of nitrogens with one attached hydrogen (secondary N) is 1. The van der Waals surface area contributed by atoms with Gasteiger partial charge in [0.2, 0.25) is 0 Å². The van der Waals surface area contributed by atoms with Crippen molar-refractivity contribution >= 4 is 21.6 Å². The van der Waals surface area contributed by atoms with Gasteiger partial charge in [0.1, 0.15) is 0 Å². The molecule has 0 aliphatic rings. The van der Waals surface area contributed by atoms with Crippen LogP contribution in [0.1, 0.15) is 17.0 Å². The highest BCUT2D eigenvalue weighted by atomic mass is 32.1. The molecule has 0 amide bonds. The molecule has 0 bridgehead atoms. The van der Waals surface area contributed by atoms with Gasteiger partial charge in [-0.05, 0) is 36.7 Å². The van der Waals surface area contributed by atoms with Crippen LogP contribution in [0.25, 0.3) is 10.2 Å². The molecular weight excluding hydrogens is 266 g/mol. The molecule has 0 spiro atoms. The second-order valence-electron chi connectivity index (χ2n) is 4.72. The summed E-state index contributed by atoms with van der Waals surface area (Å²) >= 11 is 1.80. The number of aromatic nitrogens is 2. The van der Waals surface area contributed by atoms with E-state index in [9.17, 15) is 0 Å². The molecule has 1 N–H and O–H groups in total. The van der Waals surface area contributed by atoms with E-state index in [0.717, 1.165) is 31.4 Å². The Morgan fingerprint density at radius 3 is 2.90 bits per heavy atom. The van der Waals surface area contributed by atoms with Crippen LogP contribution in [0, 0.1) is 0 Å². The second-order valence-corrected chi connectivity index (χ2v) is 5.83. The van der Waals surface area contributed by atoms with E-state index in [1.807, 2.05) is 18.3 Å². The smallest absolute Gasteiger partial charge is 0.0939 e. The molecule has 3 rings (SSSR count). The summed E-state index contributed by atoms with van der Waals surface area (Å²) in [6.45, 7) is 1.89. The summed E-state index contributed by atoms with van der Waals surface area (Å²) in [7, 11) is 0. The predicted molar refractivity (Wildman–Crippen MR) is 83.9 cm³/mol. The first kappa shape index (κ1) is 13.2. The van der Waals surface area contributed by atoms with Crippen molar-refractivity contribution in [1.29, 1.82) is 0 Å². The van der Waals surface area contributed by atoms with Crippen LogP contribution in [0.4, 0.5) is 0 Å². The fourth-order valence-electron chi connectivity index (χ4n) is 2.13. The molecular formula is C16H17N3S. The van der Waals surface area contributed by atoms with Crippen molar-refractivity contribution in [2.45, 2.75) is 19.4 Å². The number of hydrogen-bond acceptors (Lipinski definition) is 4. The van der Waals surface area contributed by atoms with Gasteiger partial charge in [-0.15, -0.1) is 11.3 Å². The number of aryl methyl sites for hydroxylation is 1. The van der Waals surface area contributed by atoms with Crippen LogP contribution in [0.2, 0.25) is 0 Å². The van der Waals surface area contributed by atoms with Crippen molar-refractivity contribution in [2.75, 3.05) is 6.54 Å². The summed E-state index contributed by atoms with van der Waals surface area (Å²) in [5, 5.41) is 4.67. The van der Waals surface area contributed by atoms with Gasteiger partial charge >= 0.3 is 0 Å². The fraction of sp³-hybridized carbons (Fsp3) is 0.250. The lowest BCUT2D eigenvalue weighted by Crippen LogP contribution is -2.15. The number of benzene rings is 1. The zero-order valence-corrected chi connectivity index (χ0v) is 12.1. The molecule has 2 aromatic heterocycles. The molecule has 0 saturated carbocycles. The molecule has 0 aliphatic carbocycles. The maximum atomic E-state index is 4.65. The third-order valence-corrected chi connectivity index (χ3v) is 4.23. The van der Waals surface area contributed by atoms with Crippen LogP contribution >= 0.6 is 11.3 Å². The minimum Gasteiger partial charge on any atom is -0.313 e. The minimum absolute atomic E-state index is 0.883. The Labute approximate surface area is 122 Å². The Hall–Kier alpha value is -1.78. The molecule has 0 fully saturated rings. The average Bonchev–Trinajstić information content (AvgIpc) is 2.90. The van der Waals surface area contributed by atoms with Gasteiger partial charge in [-0.2, -0.15) is 0 Å². The summed E-state index contributed by atoms with van der Waals surface area (Å²) in [6, 6.07) is 12.4. The van der Waals surface area contributed by atoms with Gasteiger partial charge < -0.3 is 5.32 Å². The van der Waals surface area contributed by atoms with Crippen LogP contribution in [0.3, 0.4) is 0 Å². The summed E-state index contributed by atoms with van der Waals surface area (Å²) in [4.78, 5) is 8.76. The summed E-state index contributed by atoms with van der Waals surface area (Å²) < 4.78 is 1.28. The zero-order chi connectivity index (χ0) is 13.6. The molecule has 0 unspecified atom stereocenters. The monoisotopic (exact) mass is 283 g/mol. The van der Waals surface area contributed by atoms with Crippen molar-refractivity contribution in [3.8, 4) is 0 Å². The molecule has 102 valence electrons. The lowest BCUT2D eigenvalue weighted by molar-refractivity contribution is 0.647. The lowest BCUT2D eigenvalue weighted by atomic mass is 10.2. The molecule has 0 aliphatic heterocycles. The van der Waals surface area contributed by atoms with Crippen molar-refractivity contribution in [3.63, 3.8) is 0 Å². The van der Waals surface area contributed by atoms with Gasteiger partial charge in [0.15, 0.2) is 0 Å². The zero-order valence-electron chi connectivity index (χ0n) is 11.2. The number of fused-ring (bicyclic) bond motifs is 1. The standard InChI is InChI=1S/C16H17N3S/c1-2-7-15-14(6-1)19-16(20-15)8-4-10-18-12-13-5-3-9-17-11-13/h1-3,5-7,9,11,18H,4,8,10,12H2. The van der Waals surface area contributed by atoms with E-state index in [-0.39, 0.29) is 0 Å². The molecule has 3 aromatic rings.